The second-order valence-electron chi connectivity index (χ2n) is 11.7. The highest BCUT2D eigenvalue weighted by atomic mass is 32.1. The third kappa shape index (κ3) is 5.79. The fourth-order valence-corrected chi connectivity index (χ4v) is 7.50. The zero-order valence-electron chi connectivity index (χ0n) is 26.4. The van der Waals surface area contributed by atoms with Gasteiger partial charge in [0.25, 0.3) is 11.8 Å². The maximum absolute atomic E-state index is 13.3. The maximum atomic E-state index is 13.3. The van der Waals surface area contributed by atoms with Crippen LogP contribution in [-0.2, 0) is 32.1 Å². The number of hydrogen-bond acceptors (Lipinski definition) is 10. The number of anilines is 1. The Hall–Kier alpha value is -5.16. The Bertz CT molecular complexity index is 2010. The molecule has 3 aliphatic rings. The van der Waals surface area contributed by atoms with Crippen molar-refractivity contribution in [1.82, 2.24) is 25.0 Å². The molecule has 4 amide bonds. The van der Waals surface area contributed by atoms with E-state index in [4.69, 9.17) is 9.47 Å². The molecule has 5 heterocycles. The number of amides is 4. The molecule has 1 saturated heterocycles. The summed E-state index contributed by atoms with van der Waals surface area (Å²) in [6, 6.07) is 14.2. The van der Waals surface area contributed by atoms with Crippen molar-refractivity contribution in [2.45, 2.75) is 51.9 Å². The van der Waals surface area contributed by atoms with Crippen LogP contribution in [-0.4, -0.2) is 69.1 Å². The molecule has 2 atom stereocenters. The van der Waals surface area contributed by atoms with Crippen LogP contribution in [0.25, 0.3) is 5.00 Å². The molecule has 0 bridgehead atoms. The van der Waals surface area contributed by atoms with Gasteiger partial charge in [0, 0.05) is 24.2 Å². The third-order valence-corrected chi connectivity index (χ3v) is 9.79. The minimum atomic E-state index is -1.02. The van der Waals surface area contributed by atoms with Crippen molar-refractivity contribution in [3.63, 3.8) is 0 Å². The van der Waals surface area contributed by atoms with Gasteiger partial charge in [-0.25, -0.2) is 0 Å². The number of aryl methyl sites for hydroxylation is 1. The highest BCUT2D eigenvalue weighted by Crippen LogP contribution is 2.39. The molecule has 48 heavy (non-hydrogen) atoms. The number of nitrogens with zero attached hydrogens (tertiary/aromatic N) is 4. The number of benzene rings is 2. The van der Waals surface area contributed by atoms with Crippen molar-refractivity contribution in [3.05, 3.63) is 92.9 Å². The lowest BCUT2D eigenvalue weighted by molar-refractivity contribution is -0.136. The lowest BCUT2D eigenvalue weighted by atomic mass is 10.0. The molecule has 1 unspecified atom stereocenters. The molecule has 13 heteroatoms. The largest absolute Gasteiger partial charge is 0.382 e. The van der Waals surface area contributed by atoms with E-state index < -0.39 is 29.7 Å². The van der Waals surface area contributed by atoms with Gasteiger partial charge >= 0.3 is 0 Å². The van der Waals surface area contributed by atoms with E-state index in [1.54, 1.807) is 29.5 Å². The first kappa shape index (κ1) is 31.4. The Balaban J connectivity index is 1.02. The summed E-state index contributed by atoms with van der Waals surface area (Å²) in [6.45, 7) is 5.21. The van der Waals surface area contributed by atoms with Crippen LogP contribution in [0.4, 0.5) is 5.69 Å². The average Bonchev–Trinajstić information content (AvgIpc) is 3.67. The van der Waals surface area contributed by atoms with E-state index in [9.17, 15) is 19.2 Å². The number of aromatic nitrogens is 3. The van der Waals surface area contributed by atoms with Crippen LogP contribution in [0.15, 0.2) is 48.5 Å². The number of thiophene rings is 1. The smallest absolute Gasteiger partial charge is 0.264 e. The standard InChI is InChI=1S/C35H32N6O6S/c1-20-31-39-38-21(2)40(31)35-25(19-47-20)24(18-22-8-4-3-5-9-22)28(48-35)12-7-16-46-17-15-36-26-11-6-10-23-30(26)34(45)41(33(23)44)27-13-14-29(42)37-32(27)43/h3-6,8-11,20,27,36H,13-19H2,1-2H3,(H,37,42,43)/t20-,27?/m0/s1. The summed E-state index contributed by atoms with van der Waals surface area (Å²) in [5, 5.41) is 15.1. The molecule has 0 spiro atoms. The summed E-state index contributed by atoms with van der Waals surface area (Å²) in [5.41, 5.74) is 4.28. The van der Waals surface area contributed by atoms with E-state index in [1.807, 2.05) is 32.0 Å². The minimum Gasteiger partial charge on any atom is -0.382 e. The van der Waals surface area contributed by atoms with Crippen molar-refractivity contribution in [2.75, 3.05) is 25.1 Å². The molecule has 0 saturated carbocycles. The fraction of sp³-hybridized carbons (Fsp3) is 0.314. The van der Waals surface area contributed by atoms with E-state index >= 15 is 0 Å². The summed E-state index contributed by atoms with van der Waals surface area (Å²) in [6.07, 6.45) is 0.685. The Morgan fingerprint density at radius 1 is 1.08 bits per heavy atom. The molecular weight excluding hydrogens is 632 g/mol. The third-order valence-electron chi connectivity index (χ3n) is 8.62. The summed E-state index contributed by atoms with van der Waals surface area (Å²) in [5.74, 6) is 5.89. The van der Waals surface area contributed by atoms with E-state index in [0.29, 0.717) is 31.9 Å². The van der Waals surface area contributed by atoms with E-state index in [-0.39, 0.29) is 36.7 Å². The monoisotopic (exact) mass is 664 g/mol. The summed E-state index contributed by atoms with van der Waals surface area (Å²) in [7, 11) is 0. The fourth-order valence-electron chi connectivity index (χ4n) is 6.24. The highest BCUT2D eigenvalue weighted by Gasteiger charge is 2.45. The number of ether oxygens (including phenoxy) is 2. The number of fused-ring (bicyclic) bond motifs is 4. The second kappa shape index (κ2) is 13.2. The lowest BCUT2D eigenvalue weighted by Gasteiger charge is -2.27. The molecule has 3 aliphatic heterocycles. The normalized spacial score (nSPS) is 18.4. The molecule has 0 aliphatic carbocycles. The number of carbonyl (C=O) groups excluding carboxylic acids is 4. The number of hydrogen-bond donors (Lipinski definition) is 2. The Morgan fingerprint density at radius 2 is 1.92 bits per heavy atom. The number of rotatable bonds is 8. The number of imide groups is 2. The van der Waals surface area contributed by atoms with Crippen LogP contribution in [0.2, 0.25) is 0 Å². The van der Waals surface area contributed by atoms with Gasteiger partial charge in [-0.1, -0.05) is 48.2 Å². The van der Waals surface area contributed by atoms with Crippen LogP contribution in [0.3, 0.4) is 0 Å². The number of nitrogens with one attached hydrogen (secondary N) is 2. The molecule has 1 fully saturated rings. The first-order chi connectivity index (χ1) is 23.3. The molecular formula is C35H32N6O6S. The molecule has 244 valence electrons. The van der Waals surface area contributed by atoms with E-state index in [1.165, 1.54) is 5.56 Å². The predicted molar refractivity (Wildman–Crippen MR) is 176 cm³/mol. The van der Waals surface area contributed by atoms with Gasteiger partial charge in [-0.3, -0.25) is 34.0 Å². The number of carbonyl (C=O) groups is 4. The van der Waals surface area contributed by atoms with Crippen LogP contribution in [0.1, 0.15) is 79.8 Å². The van der Waals surface area contributed by atoms with E-state index in [2.05, 4.69) is 49.4 Å². The van der Waals surface area contributed by atoms with Gasteiger partial charge in [-0.05, 0) is 49.9 Å². The average molecular weight is 665 g/mol. The predicted octanol–water partition coefficient (Wildman–Crippen LogP) is 3.70. The van der Waals surface area contributed by atoms with Gasteiger partial charge in [0.15, 0.2) is 5.82 Å². The molecule has 0 radical (unpaired) electrons. The van der Waals surface area contributed by atoms with Crippen molar-refractivity contribution in [2.24, 2.45) is 0 Å². The van der Waals surface area contributed by atoms with Gasteiger partial charge < -0.3 is 14.8 Å². The molecule has 4 aromatic rings. The van der Waals surface area contributed by atoms with Crippen molar-refractivity contribution < 1.29 is 28.7 Å². The first-order valence-electron chi connectivity index (χ1n) is 15.7. The van der Waals surface area contributed by atoms with Gasteiger partial charge in [-0.15, -0.1) is 21.5 Å². The summed E-state index contributed by atoms with van der Waals surface area (Å²) in [4.78, 5) is 52.3. The van der Waals surface area contributed by atoms with Gasteiger partial charge in [0.05, 0.1) is 29.2 Å². The van der Waals surface area contributed by atoms with Crippen LogP contribution in [0.5, 0.6) is 0 Å². The minimum absolute atomic E-state index is 0.0642. The van der Waals surface area contributed by atoms with Crippen molar-refractivity contribution in [3.8, 4) is 16.8 Å². The molecule has 2 aromatic heterocycles. The topological polar surface area (TPSA) is 145 Å². The zero-order valence-corrected chi connectivity index (χ0v) is 27.2. The second-order valence-corrected chi connectivity index (χ2v) is 12.7. The van der Waals surface area contributed by atoms with E-state index in [0.717, 1.165) is 37.6 Å². The van der Waals surface area contributed by atoms with Crippen LogP contribution >= 0.6 is 11.3 Å². The Morgan fingerprint density at radius 3 is 2.73 bits per heavy atom. The summed E-state index contributed by atoms with van der Waals surface area (Å²) >= 11 is 1.60. The lowest BCUT2D eigenvalue weighted by Crippen LogP contribution is -2.54. The molecule has 2 N–H and O–H groups in total. The SMILES string of the molecule is Cc1nnc2n1-c1sc(C#CCOCCNc3cccc4c3C(=O)N(C3CCC(=O)NC3=O)C4=O)c(Cc3ccccc3)c1CO[C@H]2C. The van der Waals surface area contributed by atoms with Gasteiger partial charge in [-0.2, -0.15) is 0 Å². The van der Waals surface area contributed by atoms with Gasteiger partial charge in [0.2, 0.25) is 11.8 Å². The molecule has 7 rings (SSSR count). The van der Waals surface area contributed by atoms with Gasteiger partial charge in [0.1, 0.15) is 29.6 Å². The summed E-state index contributed by atoms with van der Waals surface area (Å²) < 4.78 is 14.1. The van der Waals surface area contributed by atoms with Crippen molar-refractivity contribution in [1.29, 1.82) is 0 Å². The van der Waals surface area contributed by atoms with Crippen LogP contribution < -0.4 is 10.6 Å². The van der Waals surface area contributed by atoms with Crippen molar-refractivity contribution >= 4 is 40.7 Å². The maximum Gasteiger partial charge on any atom is 0.264 e. The molecule has 2 aromatic carbocycles. The highest BCUT2D eigenvalue weighted by molar-refractivity contribution is 7.15. The Kier molecular flexibility index (Phi) is 8.62. The number of piperidine rings is 1. The Labute approximate surface area is 280 Å². The zero-order chi connectivity index (χ0) is 33.4. The first-order valence-corrected chi connectivity index (χ1v) is 16.5. The van der Waals surface area contributed by atoms with Crippen LogP contribution in [0, 0.1) is 18.8 Å². The quantitative estimate of drug-likeness (QED) is 0.164. The molecule has 12 nitrogen and oxygen atoms in total.